The van der Waals surface area contributed by atoms with Gasteiger partial charge in [-0.05, 0) is 32.6 Å². The summed E-state index contributed by atoms with van der Waals surface area (Å²) in [4.78, 5) is 13.4. The summed E-state index contributed by atoms with van der Waals surface area (Å²) in [5, 5.41) is 13.6. The number of carbonyl (C=O) groups is 1. The summed E-state index contributed by atoms with van der Waals surface area (Å²) in [5.41, 5.74) is 5.22. The van der Waals surface area contributed by atoms with Crippen LogP contribution in [-0.4, -0.2) is 53.2 Å². The van der Waals surface area contributed by atoms with E-state index in [0.717, 1.165) is 38.8 Å². The van der Waals surface area contributed by atoms with Gasteiger partial charge in [0.15, 0.2) is 0 Å². The van der Waals surface area contributed by atoms with E-state index >= 15 is 0 Å². The Morgan fingerprint density at radius 2 is 1.95 bits per heavy atom. The van der Waals surface area contributed by atoms with E-state index in [0.29, 0.717) is 18.5 Å². The van der Waals surface area contributed by atoms with E-state index in [9.17, 15) is 9.90 Å². The lowest BCUT2D eigenvalue weighted by atomic mass is 9.89. The second-order valence-corrected chi connectivity index (χ2v) is 6.47. The van der Waals surface area contributed by atoms with Crippen molar-refractivity contribution < 1.29 is 9.90 Å². The number of likely N-dealkylation sites (tertiary alicyclic amines) is 1. The largest absolute Gasteiger partial charge is 0.391 e. The van der Waals surface area contributed by atoms with Crippen molar-refractivity contribution in [2.75, 3.05) is 13.1 Å². The monoisotopic (exact) mass is 283 g/mol. The second kappa shape index (κ2) is 7.38. The molecule has 1 amide bonds. The first-order valence-electron chi connectivity index (χ1n) is 8.02. The van der Waals surface area contributed by atoms with Gasteiger partial charge in [-0.15, -0.1) is 0 Å². The molecule has 1 saturated carbocycles. The van der Waals surface area contributed by atoms with E-state index in [1.54, 1.807) is 0 Å². The van der Waals surface area contributed by atoms with E-state index in [-0.39, 0.29) is 18.1 Å². The van der Waals surface area contributed by atoms with Crippen LogP contribution in [0.5, 0.6) is 0 Å². The molecule has 1 aliphatic carbocycles. The molecule has 0 radical (unpaired) electrons. The fraction of sp³-hybridized carbons (Fsp3) is 0.933. The van der Waals surface area contributed by atoms with Crippen LogP contribution in [-0.2, 0) is 4.79 Å². The molecule has 0 aromatic rings. The number of aliphatic hydroxyl groups is 1. The highest BCUT2D eigenvalue weighted by Gasteiger charge is 2.31. The first-order valence-corrected chi connectivity index (χ1v) is 8.02. The highest BCUT2D eigenvalue weighted by atomic mass is 16.3. The van der Waals surface area contributed by atoms with E-state index in [2.05, 4.69) is 10.2 Å². The Labute approximate surface area is 121 Å². The maximum Gasteiger partial charge on any atom is 0.218 e. The molecule has 20 heavy (non-hydrogen) atoms. The number of nitrogens with one attached hydrogen (secondary N) is 1. The number of amides is 1. The predicted molar refractivity (Wildman–Crippen MR) is 79.3 cm³/mol. The van der Waals surface area contributed by atoms with Crippen LogP contribution in [0.4, 0.5) is 0 Å². The zero-order chi connectivity index (χ0) is 14.5. The Morgan fingerprint density at radius 3 is 2.55 bits per heavy atom. The minimum Gasteiger partial charge on any atom is -0.391 e. The Kier molecular flexibility index (Phi) is 5.81. The van der Waals surface area contributed by atoms with Crippen LogP contribution < -0.4 is 11.1 Å². The molecule has 0 aromatic heterocycles. The summed E-state index contributed by atoms with van der Waals surface area (Å²) in [6.07, 6.45) is 6.95. The molecule has 0 bridgehead atoms. The molecule has 2 rings (SSSR count). The van der Waals surface area contributed by atoms with Crippen molar-refractivity contribution in [2.24, 2.45) is 5.73 Å². The highest BCUT2D eigenvalue weighted by Crippen LogP contribution is 2.25. The molecule has 2 aliphatic rings. The van der Waals surface area contributed by atoms with E-state index in [4.69, 9.17) is 5.73 Å². The number of nitrogens with two attached hydrogens (primary N) is 1. The summed E-state index contributed by atoms with van der Waals surface area (Å²) >= 11 is 0. The van der Waals surface area contributed by atoms with Gasteiger partial charge in [0, 0.05) is 37.6 Å². The van der Waals surface area contributed by atoms with Crippen molar-refractivity contribution >= 4 is 5.91 Å². The van der Waals surface area contributed by atoms with Crippen LogP contribution in [0.3, 0.4) is 0 Å². The Morgan fingerprint density at radius 1 is 1.30 bits per heavy atom. The smallest absolute Gasteiger partial charge is 0.218 e. The van der Waals surface area contributed by atoms with Crippen molar-refractivity contribution in [2.45, 2.75) is 76.1 Å². The van der Waals surface area contributed by atoms with E-state index in [1.807, 2.05) is 6.92 Å². The maximum atomic E-state index is 10.9. The van der Waals surface area contributed by atoms with Crippen molar-refractivity contribution in [1.29, 1.82) is 0 Å². The predicted octanol–water partition coefficient (Wildman–Crippen LogP) is 0.608. The van der Waals surface area contributed by atoms with Crippen molar-refractivity contribution in [3.63, 3.8) is 0 Å². The molecule has 0 aromatic carbocycles. The molecule has 1 aliphatic heterocycles. The summed E-state index contributed by atoms with van der Waals surface area (Å²) in [6, 6.07) is 0.999. The Hall–Kier alpha value is -0.650. The molecule has 3 unspecified atom stereocenters. The third-order valence-corrected chi connectivity index (χ3v) is 4.72. The maximum absolute atomic E-state index is 10.9. The van der Waals surface area contributed by atoms with Crippen LogP contribution in [0, 0.1) is 0 Å². The quantitative estimate of drug-likeness (QED) is 0.691. The van der Waals surface area contributed by atoms with E-state index in [1.165, 1.54) is 12.8 Å². The number of nitrogens with zero attached hydrogens (tertiary/aromatic N) is 1. The van der Waals surface area contributed by atoms with Gasteiger partial charge in [-0.1, -0.05) is 12.8 Å². The van der Waals surface area contributed by atoms with Gasteiger partial charge < -0.3 is 16.2 Å². The molecule has 3 atom stereocenters. The molecule has 1 heterocycles. The fourth-order valence-corrected chi connectivity index (χ4v) is 3.68. The van der Waals surface area contributed by atoms with Crippen LogP contribution in [0.25, 0.3) is 0 Å². The molecular weight excluding hydrogens is 254 g/mol. The SMILES string of the molecule is CC(CC(N)=O)NC1CCN(C2CCCCC2O)CC1. The minimum atomic E-state index is -0.243. The first kappa shape index (κ1) is 15.7. The van der Waals surface area contributed by atoms with Crippen LogP contribution in [0.1, 0.15) is 51.9 Å². The molecule has 1 saturated heterocycles. The third kappa shape index (κ3) is 4.43. The van der Waals surface area contributed by atoms with E-state index < -0.39 is 0 Å². The molecule has 4 N–H and O–H groups in total. The third-order valence-electron chi connectivity index (χ3n) is 4.72. The Bertz CT molecular complexity index is 316. The standard InChI is InChI=1S/C15H29N3O2/c1-11(10-15(16)20)17-12-6-8-18(9-7-12)13-4-2-3-5-14(13)19/h11-14,17,19H,2-10H2,1H3,(H2,16,20). The number of piperidine rings is 1. The normalized spacial score (nSPS) is 31.1. The van der Waals surface area contributed by atoms with Gasteiger partial charge >= 0.3 is 0 Å². The average Bonchev–Trinajstić information content (AvgIpc) is 2.39. The topological polar surface area (TPSA) is 78.6 Å². The zero-order valence-corrected chi connectivity index (χ0v) is 12.6. The van der Waals surface area contributed by atoms with Crippen LogP contribution in [0.15, 0.2) is 0 Å². The average molecular weight is 283 g/mol. The van der Waals surface area contributed by atoms with Gasteiger partial charge in [-0.25, -0.2) is 0 Å². The van der Waals surface area contributed by atoms with Gasteiger partial charge in [0.2, 0.25) is 5.91 Å². The number of carbonyl (C=O) groups excluding carboxylic acids is 1. The fourth-order valence-electron chi connectivity index (χ4n) is 3.68. The number of aliphatic hydroxyl groups excluding tert-OH is 1. The van der Waals surface area contributed by atoms with Crippen molar-refractivity contribution in [3.8, 4) is 0 Å². The first-order chi connectivity index (χ1) is 9.56. The molecule has 5 nitrogen and oxygen atoms in total. The highest BCUT2D eigenvalue weighted by molar-refractivity contribution is 5.74. The van der Waals surface area contributed by atoms with Gasteiger partial charge in [0.25, 0.3) is 0 Å². The van der Waals surface area contributed by atoms with Crippen molar-refractivity contribution in [1.82, 2.24) is 10.2 Å². The summed E-state index contributed by atoms with van der Waals surface area (Å²) in [6.45, 7) is 4.10. The Balaban J connectivity index is 1.73. The van der Waals surface area contributed by atoms with Gasteiger partial charge in [0.05, 0.1) is 6.10 Å². The molecule has 5 heteroatoms. The summed E-state index contributed by atoms with van der Waals surface area (Å²) in [7, 11) is 0. The van der Waals surface area contributed by atoms with Crippen LogP contribution in [0.2, 0.25) is 0 Å². The van der Waals surface area contributed by atoms with Gasteiger partial charge in [0.1, 0.15) is 0 Å². The van der Waals surface area contributed by atoms with Crippen LogP contribution >= 0.6 is 0 Å². The number of hydrogen-bond donors (Lipinski definition) is 3. The number of rotatable bonds is 5. The van der Waals surface area contributed by atoms with Gasteiger partial charge in [-0.3, -0.25) is 9.69 Å². The molecular formula is C15H29N3O2. The summed E-state index contributed by atoms with van der Waals surface area (Å²) < 4.78 is 0. The second-order valence-electron chi connectivity index (χ2n) is 6.47. The minimum absolute atomic E-state index is 0.137. The molecule has 116 valence electrons. The summed E-state index contributed by atoms with van der Waals surface area (Å²) in [5.74, 6) is -0.243. The molecule has 2 fully saturated rings. The number of hydrogen-bond acceptors (Lipinski definition) is 4. The zero-order valence-electron chi connectivity index (χ0n) is 12.6. The van der Waals surface area contributed by atoms with Gasteiger partial charge in [-0.2, -0.15) is 0 Å². The lowest BCUT2D eigenvalue weighted by Crippen LogP contribution is -2.52. The lowest BCUT2D eigenvalue weighted by molar-refractivity contribution is -0.118. The number of primary amides is 1. The molecule has 0 spiro atoms. The lowest BCUT2D eigenvalue weighted by Gasteiger charge is -2.42. The van der Waals surface area contributed by atoms with Crippen molar-refractivity contribution in [3.05, 3.63) is 0 Å².